The van der Waals surface area contributed by atoms with Gasteiger partial charge >= 0.3 is 0 Å². The number of rotatable bonds is 4. The molecule has 2 aromatic carbocycles. The molecule has 1 amide bonds. The summed E-state index contributed by atoms with van der Waals surface area (Å²) in [6.45, 7) is 1.55. The minimum Gasteiger partial charge on any atom is -0.385 e. The molecule has 2 aromatic rings. The van der Waals surface area contributed by atoms with E-state index in [0.29, 0.717) is 5.56 Å². The number of aliphatic hydroxyl groups is 1. The third-order valence-electron chi connectivity index (χ3n) is 3.10. The van der Waals surface area contributed by atoms with Crippen LogP contribution in [-0.4, -0.2) is 11.0 Å². The van der Waals surface area contributed by atoms with Crippen LogP contribution >= 0.6 is 11.6 Å². The van der Waals surface area contributed by atoms with Crippen LogP contribution in [0.1, 0.15) is 18.9 Å². The molecule has 5 heteroatoms. The van der Waals surface area contributed by atoms with Crippen molar-refractivity contribution < 1.29 is 14.3 Å². The lowest BCUT2D eigenvalue weighted by molar-refractivity contribution is -0.120. The first-order valence-electron chi connectivity index (χ1n) is 6.41. The quantitative estimate of drug-likeness (QED) is 0.904. The molecule has 0 heterocycles. The van der Waals surface area contributed by atoms with Crippen molar-refractivity contribution in [3.8, 4) is 0 Å². The number of carbonyl (C=O) groups is 1. The summed E-state index contributed by atoms with van der Waals surface area (Å²) >= 11 is 5.88. The first-order valence-corrected chi connectivity index (χ1v) is 6.79. The summed E-state index contributed by atoms with van der Waals surface area (Å²) in [6.07, 6.45) is -0.163. The highest BCUT2D eigenvalue weighted by Crippen LogP contribution is 2.27. The second-order valence-electron chi connectivity index (χ2n) is 4.99. The van der Waals surface area contributed by atoms with Gasteiger partial charge in [0.15, 0.2) is 0 Å². The fraction of sp³-hybridized carbons (Fsp3) is 0.188. The predicted molar refractivity (Wildman–Crippen MR) is 80.7 cm³/mol. The molecular formula is C16H15ClFNO2. The van der Waals surface area contributed by atoms with Gasteiger partial charge in [-0.05, 0) is 30.7 Å². The van der Waals surface area contributed by atoms with Crippen LogP contribution < -0.4 is 5.32 Å². The fourth-order valence-electron chi connectivity index (χ4n) is 2.00. The Kier molecular flexibility index (Phi) is 4.60. The topological polar surface area (TPSA) is 49.3 Å². The van der Waals surface area contributed by atoms with Gasteiger partial charge in [-0.1, -0.05) is 41.9 Å². The van der Waals surface area contributed by atoms with E-state index in [1.165, 1.54) is 12.1 Å². The molecule has 21 heavy (non-hydrogen) atoms. The number of halogens is 2. The largest absolute Gasteiger partial charge is 0.385 e. The van der Waals surface area contributed by atoms with E-state index >= 15 is 0 Å². The maximum atomic E-state index is 13.1. The molecule has 0 fully saturated rings. The monoisotopic (exact) mass is 307 g/mol. The van der Waals surface area contributed by atoms with E-state index < -0.39 is 17.3 Å². The van der Waals surface area contributed by atoms with Crippen LogP contribution in [0.15, 0.2) is 48.5 Å². The maximum absolute atomic E-state index is 13.1. The molecule has 0 aromatic heterocycles. The minimum atomic E-state index is -1.31. The van der Waals surface area contributed by atoms with Gasteiger partial charge in [0, 0.05) is 0 Å². The molecule has 0 bridgehead atoms. The van der Waals surface area contributed by atoms with E-state index in [-0.39, 0.29) is 17.1 Å². The van der Waals surface area contributed by atoms with Gasteiger partial charge in [-0.25, -0.2) is 4.39 Å². The van der Waals surface area contributed by atoms with Crippen molar-refractivity contribution in [1.29, 1.82) is 0 Å². The van der Waals surface area contributed by atoms with Crippen LogP contribution in [0, 0.1) is 5.82 Å². The van der Waals surface area contributed by atoms with Gasteiger partial charge in [-0.15, -0.1) is 0 Å². The third kappa shape index (κ3) is 4.03. The Bertz CT molecular complexity index is 644. The van der Waals surface area contributed by atoms with Crippen molar-refractivity contribution in [2.45, 2.75) is 18.9 Å². The van der Waals surface area contributed by atoms with E-state index in [1.54, 1.807) is 31.2 Å². The van der Waals surface area contributed by atoms with Gasteiger partial charge in [0.1, 0.15) is 5.82 Å². The highest BCUT2D eigenvalue weighted by molar-refractivity contribution is 6.33. The van der Waals surface area contributed by atoms with Gasteiger partial charge in [-0.3, -0.25) is 4.79 Å². The number of hydrogen-bond donors (Lipinski definition) is 2. The first kappa shape index (κ1) is 15.5. The molecule has 1 atom stereocenters. The number of carbonyl (C=O) groups excluding carboxylic acids is 1. The standard InChI is InChI=1S/C16H15ClFNO2/c1-16(21,11-5-3-2-4-6-11)10-15(20)19-14-9-12(18)7-8-13(14)17/h2-9,21H,10H2,1H3,(H,19,20). The minimum absolute atomic E-state index is 0.163. The number of nitrogens with one attached hydrogen (secondary N) is 1. The molecule has 0 aliphatic heterocycles. The van der Waals surface area contributed by atoms with Crippen molar-refractivity contribution in [3.05, 3.63) is 64.9 Å². The summed E-state index contributed by atoms with van der Waals surface area (Å²) in [5.74, 6) is -0.944. The Morgan fingerprint density at radius 2 is 1.95 bits per heavy atom. The zero-order chi connectivity index (χ0) is 15.5. The number of amides is 1. The molecule has 0 radical (unpaired) electrons. The van der Waals surface area contributed by atoms with Gasteiger partial charge in [0.25, 0.3) is 0 Å². The van der Waals surface area contributed by atoms with Crippen molar-refractivity contribution in [2.75, 3.05) is 5.32 Å². The SMILES string of the molecule is CC(O)(CC(=O)Nc1cc(F)ccc1Cl)c1ccccc1. The molecule has 0 spiro atoms. The third-order valence-corrected chi connectivity index (χ3v) is 3.43. The Balaban J connectivity index is 2.09. The molecule has 0 aliphatic rings. The fourth-order valence-corrected chi connectivity index (χ4v) is 2.16. The molecule has 1 unspecified atom stereocenters. The summed E-state index contributed by atoms with van der Waals surface area (Å²) in [5, 5.41) is 13.1. The number of benzene rings is 2. The van der Waals surface area contributed by atoms with Crippen molar-refractivity contribution in [1.82, 2.24) is 0 Å². The molecule has 0 saturated carbocycles. The Hall–Kier alpha value is -1.91. The normalized spacial score (nSPS) is 13.5. The maximum Gasteiger partial charge on any atom is 0.227 e. The second kappa shape index (κ2) is 6.24. The molecule has 0 aliphatic carbocycles. The van der Waals surface area contributed by atoms with E-state index in [9.17, 15) is 14.3 Å². The Morgan fingerprint density at radius 3 is 2.62 bits per heavy atom. The van der Waals surface area contributed by atoms with Crippen molar-refractivity contribution in [3.63, 3.8) is 0 Å². The zero-order valence-corrected chi connectivity index (χ0v) is 12.2. The molecule has 110 valence electrons. The Morgan fingerprint density at radius 1 is 1.29 bits per heavy atom. The summed E-state index contributed by atoms with van der Waals surface area (Å²) in [6, 6.07) is 12.6. The molecular weight excluding hydrogens is 293 g/mol. The average molecular weight is 308 g/mol. The summed E-state index contributed by atoms with van der Waals surface area (Å²) in [4.78, 5) is 12.0. The number of anilines is 1. The van der Waals surface area contributed by atoms with Crippen LogP contribution in [0.5, 0.6) is 0 Å². The summed E-state index contributed by atoms with van der Waals surface area (Å²) in [5.41, 5.74) is -0.499. The van der Waals surface area contributed by atoms with Crippen molar-refractivity contribution in [2.24, 2.45) is 0 Å². The summed E-state index contributed by atoms with van der Waals surface area (Å²) < 4.78 is 13.1. The van der Waals surface area contributed by atoms with E-state index in [4.69, 9.17) is 11.6 Å². The van der Waals surface area contributed by atoms with Gasteiger partial charge in [0.05, 0.1) is 22.7 Å². The smallest absolute Gasteiger partial charge is 0.227 e. The predicted octanol–water partition coefficient (Wildman–Crippen LogP) is 3.72. The molecule has 2 N–H and O–H groups in total. The Labute approximate surface area is 127 Å². The lowest BCUT2D eigenvalue weighted by atomic mass is 9.92. The van der Waals surface area contributed by atoms with Crippen molar-refractivity contribution >= 4 is 23.2 Å². The van der Waals surface area contributed by atoms with E-state index in [0.717, 1.165) is 6.07 Å². The van der Waals surface area contributed by atoms with Crippen LogP contribution in [0.3, 0.4) is 0 Å². The van der Waals surface area contributed by atoms with Crippen LogP contribution in [0.25, 0.3) is 0 Å². The average Bonchev–Trinajstić information content (AvgIpc) is 2.43. The van der Waals surface area contributed by atoms with Crippen LogP contribution in [0.2, 0.25) is 5.02 Å². The molecule has 0 saturated heterocycles. The summed E-state index contributed by atoms with van der Waals surface area (Å²) in [7, 11) is 0. The van der Waals surface area contributed by atoms with Gasteiger partial charge in [-0.2, -0.15) is 0 Å². The van der Waals surface area contributed by atoms with E-state index in [1.807, 2.05) is 6.07 Å². The van der Waals surface area contributed by atoms with Crippen LogP contribution in [0.4, 0.5) is 10.1 Å². The second-order valence-corrected chi connectivity index (χ2v) is 5.40. The highest BCUT2D eigenvalue weighted by Gasteiger charge is 2.26. The lowest BCUT2D eigenvalue weighted by Gasteiger charge is -2.23. The first-order chi connectivity index (χ1) is 9.88. The highest BCUT2D eigenvalue weighted by atomic mass is 35.5. The molecule has 2 rings (SSSR count). The van der Waals surface area contributed by atoms with Gasteiger partial charge < -0.3 is 10.4 Å². The number of hydrogen-bond acceptors (Lipinski definition) is 2. The van der Waals surface area contributed by atoms with Crippen LogP contribution in [-0.2, 0) is 10.4 Å². The van der Waals surface area contributed by atoms with Gasteiger partial charge in [0.2, 0.25) is 5.91 Å². The van der Waals surface area contributed by atoms with E-state index in [2.05, 4.69) is 5.32 Å². The zero-order valence-electron chi connectivity index (χ0n) is 11.4. The molecule has 3 nitrogen and oxygen atoms in total. The lowest BCUT2D eigenvalue weighted by Crippen LogP contribution is -2.28.